The topological polar surface area (TPSA) is 38.3 Å². The van der Waals surface area contributed by atoms with Gasteiger partial charge in [-0.1, -0.05) is 6.92 Å². The van der Waals surface area contributed by atoms with E-state index in [1.54, 1.807) is 6.26 Å². The van der Waals surface area contributed by atoms with Crippen LogP contribution in [0, 0.1) is 0 Å². The number of allylic oxidation sites excluding steroid dienone is 1. The van der Waals surface area contributed by atoms with Crippen LogP contribution in [0.1, 0.15) is 26.2 Å². The van der Waals surface area contributed by atoms with Crippen molar-refractivity contribution in [1.82, 2.24) is 5.32 Å². The van der Waals surface area contributed by atoms with Crippen LogP contribution < -0.4 is 5.32 Å². The van der Waals surface area contributed by atoms with Crippen molar-refractivity contribution in [3.05, 3.63) is 12.3 Å². The maximum Gasteiger partial charge on any atom is 0.219 e. The van der Waals surface area contributed by atoms with Crippen LogP contribution in [0.25, 0.3) is 0 Å². The lowest BCUT2D eigenvalue weighted by Gasteiger charge is -2.19. The average Bonchev–Trinajstić information content (AvgIpc) is 2.16. The number of carbonyl (C=O) groups excluding carboxylic acids is 1. The molecule has 3 nitrogen and oxygen atoms in total. The minimum atomic E-state index is 0.0909. The number of rotatable bonds is 3. The van der Waals surface area contributed by atoms with Crippen LogP contribution in [0.4, 0.5) is 0 Å². The van der Waals surface area contributed by atoms with Crippen molar-refractivity contribution in [3.63, 3.8) is 0 Å². The first-order valence-corrected chi connectivity index (χ1v) is 4.40. The fraction of sp³-hybridized carbons (Fsp3) is 0.667. The minimum Gasteiger partial charge on any atom is -0.497 e. The Bertz CT molecular complexity index is 177. The highest BCUT2D eigenvalue weighted by molar-refractivity contribution is 5.75. The summed E-state index contributed by atoms with van der Waals surface area (Å²) in [7, 11) is 0. The number of hydrogen-bond acceptors (Lipinski definition) is 2. The van der Waals surface area contributed by atoms with E-state index in [2.05, 4.69) is 5.32 Å². The van der Waals surface area contributed by atoms with E-state index in [9.17, 15) is 4.79 Å². The lowest BCUT2D eigenvalue weighted by molar-refractivity contribution is -0.121. The molecule has 1 N–H and O–H groups in total. The summed E-state index contributed by atoms with van der Waals surface area (Å²) in [5.74, 6) is 0.0909. The zero-order valence-electron chi connectivity index (χ0n) is 7.38. The summed E-state index contributed by atoms with van der Waals surface area (Å²) in [5, 5.41) is 2.80. The SMILES string of the molecule is CCC(=O)NCC1CCC=CO1. The molecule has 12 heavy (non-hydrogen) atoms. The number of hydrogen-bond donors (Lipinski definition) is 1. The van der Waals surface area contributed by atoms with Gasteiger partial charge in [-0.15, -0.1) is 0 Å². The van der Waals surface area contributed by atoms with Crippen molar-refractivity contribution in [2.45, 2.75) is 32.3 Å². The third-order valence-electron chi connectivity index (χ3n) is 1.87. The largest absolute Gasteiger partial charge is 0.497 e. The van der Waals surface area contributed by atoms with Crippen LogP contribution in [0.5, 0.6) is 0 Å². The monoisotopic (exact) mass is 169 g/mol. The van der Waals surface area contributed by atoms with Gasteiger partial charge in [-0.05, 0) is 18.9 Å². The van der Waals surface area contributed by atoms with Gasteiger partial charge in [-0.2, -0.15) is 0 Å². The second-order valence-corrected chi connectivity index (χ2v) is 2.86. The van der Waals surface area contributed by atoms with Gasteiger partial charge in [-0.25, -0.2) is 0 Å². The Morgan fingerprint density at radius 1 is 1.75 bits per heavy atom. The van der Waals surface area contributed by atoms with Gasteiger partial charge in [0.15, 0.2) is 0 Å². The Labute approximate surface area is 72.8 Å². The average molecular weight is 169 g/mol. The van der Waals surface area contributed by atoms with Crippen LogP contribution in [-0.4, -0.2) is 18.6 Å². The summed E-state index contributed by atoms with van der Waals surface area (Å²) < 4.78 is 5.28. The minimum absolute atomic E-state index is 0.0909. The molecule has 1 unspecified atom stereocenters. The van der Waals surface area contributed by atoms with Crippen LogP contribution in [-0.2, 0) is 9.53 Å². The van der Waals surface area contributed by atoms with Gasteiger partial charge in [0.2, 0.25) is 5.91 Å². The molecule has 1 aliphatic heterocycles. The Kier molecular flexibility index (Phi) is 3.64. The van der Waals surface area contributed by atoms with Crippen molar-refractivity contribution in [2.75, 3.05) is 6.54 Å². The quantitative estimate of drug-likeness (QED) is 0.689. The van der Waals surface area contributed by atoms with Crippen molar-refractivity contribution >= 4 is 5.91 Å². The number of amides is 1. The third-order valence-corrected chi connectivity index (χ3v) is 1.87. The van der Waals surface area contributed by atoms with Crippen LogP contribution in [0.3, 0.4) is 0 Å². The van der Waals surface area contributed by atoms with E-state index in [-0.39, 0.29) is 12.0 Å². The summed E-state index contributed by atoms with van der Waals surface area (Å²) >= 11 is 0. The van der Waals surface area contributed by atoms with Gasteiger partial charge in [0.25, 0.3) is 0 Å². The van der Waals surface area contributed by atoms with Crippen molar-refractivity contribution in [3.8, 4) is 0 Å². The van der Waals surface area contributed by atoms with E-state index in [4.69, 9.17) is 4.74 Å². The zero-order valence-corrected chi connectivity index (χ0v) is 7.38. The standard InChI is InChI=1S/C9H15NO2/c1-2-9(11)10-7-8-5-3-4-6-12-8/h4,6,8H,2-3,5,7H2,1H3,(H,10,11). The molecule has 68 valence electrons. The lowest BCUT2D eigenvalue weighted by atomic mass is 10.1. The molecule has 1 atom stereocenters. The zero-order chi connectivity index (χ0) is 8.81. The molecule has 0 saturated carbocycles. The summed E-state index contributed by atoms with van der Waals surface area (Å²) in [6.45, 7) is 2.48. The molecule has 1 rings (SSSR count). The van der Waals surface area contributed by atoms with Gasteiger partial charge >= 0.3 is 0 Å². The molecular weight excluding hydrogens is 154 g/mol. The molecule has 0 radical (unpaired) electrons. The molecule has 0 aromatic carbocycles. The Balaban J connectivity index is 2.14. The summed E-state index contributed by atoms with van der Waals surface area (Å²) in [4.78, 5) is 10.9. The number of nitrogens with one attached hydrogen (secondary N) is 1. The highest BCUT2D eigenvalue weighted by atomic mass is 16.5. The summed E-state index contributed by atoms with van der Waals surface area (Å²) in [5.41, 5.74) is 0. The fourth-order valence-corrected chi connectivity index (χ4v) is 1.09. The molecule has 3 heteroatoms. The predicted molar refractivity (Wildman–Crippen MR) is 46.5 cm³/mol. The lowest BCUT2D eigenvalue weighted by Crippen LogP contribution is -2.33. The fourth-order valence-electron chi connectivity index (χ4n) is 1.09. The second-order valence-electron chi connectivity index (χ2n) is 2.86. The van der Waals surface area contributed by atoms with E-state index in [1.165, 1.54) is 0 Å². The molecule has 0 saturated heterocycles. The first-order valence-electron chi connectivity index (χ1n) is 4.40. The molecule has 0 fully saturated rings. The van der Waals surface area contributed by atoms with Gasteiger partial charge in [0, 0.05) is 6.42 Å². The Morgan fingerprint density at radius 2 is 2.58 bits per heavy atom. The molecule has 0 bridgehead atoms. The van der Waals surface area contributed by atoms with E-state index in [0.717, 1.165) is 12.8 Å². The van der Waals surface area contributed by atoms with Gasteiger partial charge in [0.05, 0.1) is 12.8 Å². The highest BCUT2D eigenvalue weighted by Crippen LogP contribution is 2.08. The molecule has 1 heterocycles. The molecule has 1 aliphatic rings. The molecular formula is C9H15NO2. The smallest absolute Gasteiger partial charge is 0.219 e. The third kappa shape index (κ3) is 2.95. The first kappa shape index (κ1) is 9.10. The van der Waals surface area contributed by atoms with Crippen molar-refractivity contribution in [1.29, 1.82) is 0 Å². The highest BCUT2D eigenvalue weighted by Gasteiger charge is 2.10. The van der Waals surface area contributed by atoms with Gasteiger partial charge < -0.3 is 10.1 Å². The van der Waals surface area contributed by atoms with Crippen LogP contribution in [0.15, 0.2) is 12.3 Å². The van der Waals surface area contributed by atoms with Gasteiger partial charge in [0.1, 0.15) is 6.10 Å². The maximum absolute atomic E-state index is 10.9. The van der Waals surface area contributed by atoms with Crippen LogP contribution in [0.2, 0.25) is 0 Å². The second kappa shape index (κ2) is 4.80. The molecule has 1 amide bonds. The van der Waals surface area contributed by atoms with Gasteiger partial charge in [-0.3, -0.25) is 4.79 Å². The number of ether oxygens (including phenoxy) is 1. The summed E-state index contributed by atoms with van der Waals surface area (Å²) in [6.07, 6.45) is 6.48. The molecule has 0 spiro atoms. The normalized spacial score (nSPS) is 21.6. The van der Waals surface area contributed by atoms with Crippen molar-refractivity contribution in [2.24, 2.45) is 0 Å². The predicted octanol–water partition coefficient (Wildman–Crippen LogP) is 1.21. The van der Waals surface area contributed by atoms with E-state index < -0.39 is 0 Å². The molecule has 0 aliphatic carbocycles. The van der Waals surface area contributed by atoms with E-state index in [1.807, 2.05) is 13.0 Å². The molecule has 0 aromatic rings. The first-order chi connectivity index (χ1) is 5.83. The Hall–Kier alpha value is -0.990. The van der Waals surface area contributed by atoms with E-state index >= 15 is 0 Å². The van der Waals surface area contributed by atoms with Crippen LogP contribution >= 0.6 is 0 Å². The maximum atomic E-state index is 10.9. The van der Waals surface area contributed by atoms with Crippen molar-refractivity contribution < 1.29 is 9.53 Å². The Morgan fingerprint density at radius 3 is 3.17 bits per heavy atom. The molecule has 0 aromatic heterocycles. The number of carbonyl (C=O) groups is 1. The van der Waals surface area contributed by atoms with E-state index in [0.29, 0.717) is 13.0 Å². The summed E-state index contributed by atoms with van der Waals surface area (Å²) in [6, 6.07) is 0.